The lowest BCUT2D eigenvalue weighted by Gasteiger charge is -2.26. The molecule has 0 fully saturated rings. The number of amides is 1. The molecule has 3 rings (SSSR count). The number of benzene rings is 3. The highest BCUT2D eigenvalue weighted by atomic mass is 35.5. The van der Waals surface area contributed by atoms with Gasteiger partial charge in [0.05, 0.1) is 21.6 Å². The predicted molar refractivity (Wildman–Crippen MR) is 125 cm³/mol. The first-order chi connectivity index (χ1) is 14.7. The molecule has 5 nitrogen and oxygen atoms in total. The summed E-state index contributed by atoms with van der Waals surface area (Å²) in [4.78, 5) is 13.0. The van der Waals surface area contributed by atoms with Crippen molar-refractivity contribution in [3.63, 3.8) is 0 Å². The van der Waals surface area contributed by atoms with Crippen molar-refractivity contribution in [1.29, 1.82) is 0 Å². The Morgan fingerprint density at radius 2 is 1.65 bits per heavy atom. The molecule has 3 aromatic rings. The normalized spacial score (nSPS) is 12.3. The van der Waals surface area contributed by atoms with Crippen molar-refractivity contribution < 1.29 is 13.2 Å². The number of carbonyl (C=O) groups excluding carboxylic acids is 1. The molecule has 1 amide bonds. The van der Waals surface area contributed by atoms with E-state index in [1.54, 1.807) is 42.5 Å². The van der Waals surface area contributed by atoms with Crippen molar-refractivity contribution in [2.24, 2.45) is 0 Å². The number of carbonyl (C=O) groups is 1. The van der Waals surface area contributed by atoms with Gasteiger partial charge in [-0.1, -0.05) is 65.7 Å². The average molecular weight is 457 g/mol. The van der Waals surface area contributed by atoms with Crippen LogP contribution in [-0.2, 0) is 14.8 Å². The van der Waals surface area contributed by atoms with E-state index in [4.69, 9.17) is 11.6 Å². The predicted octanol–water partition coefficient (Wildman–Crippen LogP) is 5.03. The van der Waals surface area contributed by atoms with Gasteiger partial charge in [0.2, 0.25) is 5.91 Å². The van der Waals surface area contributed by atoms with Gasteiger partial charge >= 0.3 is 0 Å². The Morgan fingerprint density at radius 3 is 2.29 bits per heavy atom. The van der Waals surface area contributed by atoms with Crippen molar-refractivity contribution in [1.82, 2.24) is 5.32 Å². The quantitative estimate of drug-likeness (QED) is 0.542. The number of anilines is 1. The number of halogens is 1. The van der Waals surface area contributed by atoms with Gasteiger partial charge < -0.3 is 5.32 Å². The summed E-state index contributed by atoms with van der Waals surface area (Å²) >= 11 is 6.30. The Balaban J connectivity index is 1.90. The zero-order valence-electron chi connectivity index (χ0n) is 17.7. The van der Waals surface area contributed by atoms with Crippen LogP contribution in [0.4, 0.5) is 5.69 Å². The molecule has 0 aromatic heterocycles. The third-order valence-corrected chi connectivity index (χ3v) is 7.10. The standard InChI is InChI=1S/C24H25ClN2O3S/c1-17-13-14-21(18(2)15-17)19(3)26-24(28)16-27(23-12-8-7-11-22(23)25)31(29,30)20-9-5-4-6-10-20/h4-15,19H,16H2,1-3H3,(H,26,28)/t19-/m1/s1. The minimum atomic E-state index is -4.00. The van der Waals surface area contributed by atoms with Crippen molar-refractivity contribution >= 4 is 33.2 Å². The monoisotopic (exact) mass is 456 g/mol. The maximum absolute atomic E-state index is 13.4. The molecule has 31 heavy (non-hydrogen) atoms. The minimum Gasteiger partial charge on any atom is -0.348 e. The molecule has 0 saturated heterocycles. The van der Waals surface area contributed by atoms with Crippen LogP contribution in [0.15, 0.2) is 77.7 Å². The van der Waals surface area contributed by atoms with Gasteiger partial charge in [0.25, 0.3) is 10.0 Å². The maximum atomic E-state index is 13.4. The lowest BCUT2D eigenvalue weighted by atomic mass is 10.0. The summed E-state index contributed by atoms with van der Waals surface area (Å²) in [7, 11) is -4.00. The molecular weight excluding hydrogens is 432 g/mol. The van der Waals surface area contributed by atoms with Gasteiger partial charge in [-0.05, 0) is 56.2 Å². The first-order valence-corrected chi connectivity index (χ1v) is 11.7. The summed E-state index contributed by atoms with van der Waals surface area (Å²) in [5.74, 6) is -0.424. The Bertz CT molecular complexity index is 1180. The van der Waals surface area contributed by atoms with E-state index < -0.39 is 22.5 Å². The highest BCUT2D eigenvalue weighted by molar-refractivity contribution is 7.92. The second kappa shape index (κ2) is 9.54. The van der Waals surface area contributed by atoms with Crippen LogP contribution in [0.3, 0.4) is 0 Å². The number of nitrogens with one attached hydrogen (secondary N) is 1. The molecule has 162 valence electrons. The van der Waals surface area contributed by atoms with Crippen LogP contribution in [0, 0.1) is 13.8 Å². The minimum absolute atomic E-state index is 0.0881. The molecule has 0 aliphatic heterocycles. The third kappa shape index (κ3) is 5.27. The van der Waals surface area contributed by atoms with Crippen LogP contribution in [0.5, 0.6) is 0 Å². The zero-order valence-corrected chi connectivity index (χ0v) is 19.2. The Morgan fingerprint density at radius 1 is 1.00 bits per heavy atom. The van der Waals surface area contributed by atoms with E-state index in [-0.39, 0.29) is 21.6 Å². The highest BCUT2D eigenvalue weighted by Gasteiger charge is 2.29. The molecule has 0 spiro atoms. The molecule has 1 atom stereocenters. The van der Waals surface area contributed by atoms with Crippen molar-refractivity contribution in [3.8, 4) is 0 Å². The van der Waals surface area contributed by atoms with Gasteiger partial charge in [0.15, 0.2) is 0 Å². The Kier molecular flexibility index (Phi) is 7.03. The molecule has 0 saturated carbocycles. The summed E-state index contributed by atoms with van der Waals surface area (Å²) in [6.45, 7) is 5.48. The molecule has 1 N–H and O–H groups in total. The maximum Gasteiger partial charge on any atom is 0.264 e. The Hall–Kier alpha value is -2.83. The van der Waals surface area contributed by atoms with E-state index >= 15 is 0 Å². The van der Waals surface area contributed by atoms with Crippen molar-refractivity contribution in [3.05, 3.63) is 94.5 Å². The summed E-state index contributed by atoms with van der Waals surface area (Å²) < 4.78 is 27.8. The highest BCUT2D eigenvalue weighted by Crippen LogP contribution is 2.30. The second-order valence-corrected chi connectivity index (χ2v) is 9.69. The largest absolute Gasteiger partial charge is 0.348 e. The topological polar surface area (TPSA) is 66.5 Å². The molecule has 0 unspecified atom stereocenters. The first-order valence-electron chi connectivity index (χ1n) is 9.89. The van der Waals surface area contributed by atoms with E-state index in [1.807, 2.05) is 39.0 Å². The van der Waals surface area contributed by atoms with E-state index in [2.05, 4.69) is 5.32 Å². The summed E-state index contributed by atoms with van der Waals surface area (Å²) in [6.07, 6.45) is 0. The lowest BCUT2D eigenvalue weighted by molar-refractivity contribution is -0.120. The van der Waals surface area contributed by atoms with Crippen LogP contribution in [0.1, 0.15) is 29.7 Å². The smallest absolute Gasteiger partial charge is 0.264 e. The van der Waals surface area contributed by atoms with Gasteiger partial charge in [-0.15, -0.1) is 0 Å². The SMILES string of the molecule is Cc1ccc([C@@H](C)NC(=O)CN(c2ccccc2Cl)S(=O)(=O)c2ccccc2)c(C)c1. The molecule has 0 bridgehead atoms. The Labute approximate surface area is 188 Å². The van der Waals surface area contributed by atoms with Gasteiger partial charge in [-0.3, -0.25) is 9.10 Å². The van der Waals surface area contributed by atoms with E-state index in [1.165, 1.54) is 12.1 Å². The van der Waals surface area contributed by atoms with E-state index in [0.717, 1.165) is 21.0 Å². The third-order valence-electron chi connectivity index (χ3n) is 5.01. The molecule has 0 heterocycles. The second-order valence-electron chi connectivity index (χ2n) is 7.43. The molecule has 0 aliphatic rings. The average Bonchev–Trinajstić information content (AvgIpc) is 2.73. The van der Waals surface area contributed by atoms with Crippen molar-refractivity contribution in [2.75, 3.05) is 10.8 Å². The fourth-order valence-electron chi connectivity index (χ4n) is 3.48. The van der Waals surface area contributed by atoms with Crippen LogP contribution in [-0.4, -0.2) is 20.9 Å². The molecule has 0 aliphatic carbocycles. The molecular formula is C24H25ClN2O3S. The van der Waals surface area contributed by atoms with Crippen molar-refractivity contribution in [2.45, 2.75) is 31.7 Å². The number of nitrogens with zero attached hydrogens (tertiary/aromatic N) is 1. The number of sulfonamides is 1. The zero-order chi connectivity index (χ0) is 22.6. The number of hydrogen-bond acceptors (Lipinski definition) is 3. The van der Waals surface area contributed by atoms with Gasteiger partial charge in [-0.2, -0.15) is 0 Å². The summed E-state index contributed by atoms with van der Waals surface area (Å²) in [5, 5.41) is 3.16. The van der Waals surface area contributed by atoms with Gasteiger partial charge in [0, 0.05) is 0 Å². The first kappa shape index (κ1) is 22.8. The number of hydrogen-bond donors (Lipinski definition) is 1. The van der Waals surface area contributed by atoms with E-state index in [9.17, 15) is 13.2 Å². The molecule has 3 aromatic carbocycles. The summed E-state index contributed by atoms with van der Waals surface area (Å²) in [6, 6.07) is 20.3. The fourth-order valence-corrected chi connectivity index (χ4v) is 5.23. The van der Waals surface area contributed by atoms with Gasteiger partial charge in [-0.25, -0.2) is 8.42 Å². The number of rotatable bonds is 7. The fraction of sp³-hybridized carbons (Fsp3) is 0.208. The number of aryl methyl sites for hydroxylation is 2. The number of para-hydroxylation sites is 1. The molecule has 0 radical (unpaired) electrons. The van der Waals surface area contributed by atoms with Crippen LogP contribution >= 0.6 is 11.6 Å². The lowest BCUT2D eigenvalue weighted by Crippen LogP contribution is -2.41. The van der Waals surface area contributed by atoms with Crippen LogP contribution in [0.2, 0.25) is 5.02 Å². The molecule has 7 heteroatoms. The van der Waals surface area contributed by atoms with Crippen LogP contribution in [0.25, 0.3) is 0 Å². The van der Waals surface area contributed by atoms with E-state index in [0.29, 0.717) is 0 Å². The van der Waals surface area contributed by atoms with Gasteiger partial charge in [0.1, 0.15) is 6.54 Å². The van der Waals surface area contributed by atoms with Crippen LogP contribution < -0.4 is 9.62 Å². The summed E-state index contributed by atoms with van der Waals surface area (Å²) in [5.41, 5.74) is 3.43.